The van der Waals surface area contributed by atoms with Crippen LogP contribution >= 0.6 is 0 Å². The summed E-state index contributed by atoms with van der Waals surface area (Å²) in [5, 5.41) is 0. The van der Waals surface area contributed by atoms with Gasteiger partial charge in [0.1, 0.15) is 0 Å². The Labute approximate surface area is 119 Å². The minimum Gasteiger partial charge on any atom is -0.415 e. The first kappa shape index (κ1) is 19.0. The van der Waals surface area contributed by atoms with E-state index < -0.39 is 0 Å². The molecular formula is C13H28O5Si. The van der Waals surface area contributed by atoms with Crippen molar-refractivity contribution in [3.05, 3.63) is 0 Å². The number of ether oxygens (including phenoxy) is 4. The molecule has 0 rings (SSSR count). The third-order valence-electron chi connectivity index (χ3n) is 2.24. The van der Waals surface area contributed by atoms with Crippen LogP contribution in [0, 0.1) is 0 Å². The molecule has 114 valence electrons. The molecule has 0 saturated carbocycles. The van der Waals surface area contributed by atoms with Crippen LogP contribution in [-0.4, -0.2) is 69.7 Å². The van der Waals surface area contributed by atoms with E-state index in [9.17, 15) is 0 Å². The van der Waals surface area contributed by atoms with Crippen molar-refractivity contribution in [3.8, 4) is 0 Å². The maximum atomic E-state index is 5.45. The Hall–Kier alpha value is 0.0169. The Morgan fingerprint density at radius 1 is 0.737 bits per heavy atom. The molecule has 2 radical (unpaired) electrons. The molecule has 0 unspecified atom stereocenters. The molecule has 0 amide bonds. The lowest BCUT2D eigenvalue weighted by Crippen LogP contribution is -2.13. The third-order valence-corrected chi connectivity index (χ3v) is 3.21. The van der Waals surface area contributed by atoms with E-state index >= 15 is 0 Å². The van der Waals surface area contributed by atoms with Crippen LogP contribution in [0.1, 0.15) is 19.8 Å². The number of methoxy groups -OCH3 is 1. The van der Waals surface area contributed by atoms with Crippen molar-refractivity contribution in [3.63, 3.8) is 0 Å². The van der Waals surface area contributed by atoms with Gasteiger partial charge in [0.25, 0.3) is 0 Å². The Balaban J connectivity index is 2.88. The van der Waals surface area contributed by atoms with Gasteiger partial charge in [-0.3, -0.25) is 0 Å². The molecule has 0 aliphatic rings. The predicted molar refractivity (Wildman–Crippen MR) is 75.8 cm³/mol. The number of unbranched alkanes of at least 4 members (excludes halogenated alkanes) is 1. The first-order chi connectivity index (χ1) is 9.41. The molecule has 0 heterocycles. The summed E-state index contributed by atoms with van der Waals surface area (Å²) < 4.78 is 26.3. The van der Waals surface area contributed by atoms with Crippen molar-refractivity contribution in [1.29, 1.82) is 0 Å². The maximum absolute atomic E-state index is 5.45. The van der Waals surface area contributed by atoms with E-state index in [-0.39, 0.29) is 0 Å². The van der Waals surface area contributed by atoms with Crippen LogP contribution in [0.15, 0.2) is 0 Å². The fourth-order valence-electron chi connectivity index (χ4n) is 1.18. The van der Waals surface area contributed by atoms with Gasteiger partial charge in [-0.15, -0.1) is 0 Å². The lowest BCUT2D eigenvalue weighted by molar-refractivity contribution is 0.000248. The molecule has 0 aliphatic carbocycles. The fraction of sp³-hybridized carbons (Fsp3) is 1.00. The van der Waals surface area contributed by atoms with Crippen LogP contribution in [0.2, 0.25) is 6.04 Å². The van der Waals surface area contributed by atoms with Crippen LogP contribution in [0.25, 0.3) is 0 Å². The molecule has 0 aromatic heterocycles. The lowest BCUT2D eigenvalue weighted by Gasteiger charge is -2.07. The second-order valence-electron chi connectivity index (χ2n) is 3.93. The van der Waals surface area contributed by atoms with Crippen LogP contribution < -0.4 is 0 Å². The summed E-state index contributed by atoms with van der Waals surface area (Å²) in [6.07, 6.45) is 2.49. The maximum Gasteiger partial charge on any atom is 0.229 e. The normalized spacial score (nSPS) is 11.1. The van der Waals surface area contributed by atoms with E-state index in [4.69, 9.17) is 23.4 Å². The quantitative estimate of drug-likeness (QED) is 0.319. The lowest BCUT2D eigenvalue weighted by atomic mass is 10.4. The SMILES string of the molecule is CCCC[Si]OCCOCCOCCOCCOC. The Kier molecular flexibility index (Phi) is 18.0. The zero-order valence-electron chi connectivity index (χ0n) is 12.3. The monoisotopic (exact) mass is 292 g/mol. The van der Waals surface area contributed by atoms with Gasteiger partial charge in [-0.1, -0.05) is 19.8 Å². The van der Waals surface area contributed by atoms with Crippen LogP contribution in [0.3, 0.4) is 0 Å². The molecule has 0 fully saturated rings. The molecule has 0 spiro atoms. The molecule has 0 atom stereocenters. The largest absolute Gasteiger partial charge is 0.415 e. The smallest absolute Gasteiger partial charge is 0.229 e. The van der Waals surface area contributed by atoms with Crippen molar-refractivity contribution >= 4 is 9.76 Å². The van der Waals surface area contributed by atoms with E-state index in [2.05, 4.69) is 6.92 Å². The summed E-state index contributed by atoms with van der Waals surface area (Å²) in [5.41, 5.74) is 0. The highest BCUT2D eigenvalue weighted by molar-refractivity contribution is 6.26. The average molecular weight is 292 g/mol. The first-order valence-corrected chi connectivity index (χ1v) is 8.10. The molecule has 0 aromatic rings. The summed E-state index contributed by atoms with van der Waals surface area (Å²) in [7, 11) is 2.27. The number of rotatable bonds is 16. The van der Waals surface area contributed by atoms with Gasteiger partial charge < -0.3 is 23.4 Å². The highest BCUT2D eigenvalue weighted by Gasteiger charge is 1.93. The fourth-order valence-corrected chi connectivity index (χ4v) is 2.05. The van der Waals surface area contributed by atoms with E-state index in [1.54, 1.807) is 7.11 Å². The molecule has 0 N–H and O–H groups in total. The zero-order valence-corrected chi connectivity index (χ0v) is 13.3. The van der Waals surface area contributed by atoms with Crippen molar-refractivity contribution in [2.75, 3.05) is 60.0 Å². The minimum atomic E-state index is 0.599. The number of hydrogen-bond donors (Lipinski definition) is 0. The Morgan fingerprint density at radius 2 is 1.26 bits per heavy atom. The topological polar surface area (TPSA) is 46.2 Å². The van der Waals surface area contributed by atoms with Crippen molar-refractivity contribution in [2.24, 2.45) is 0 Å². The van der Waals surface area contributed by atoms with E-state index in [0.29, 0.717) is 62.6 Å². The van der Waals surface area contributed by atoms with E-state index in [1.807, 2.05) is 0 Å². The third kappa shape index (κ3) is 18.0. The van der Waals surface area contributed by atoms with Gasteiger partial charge in [-0.05, 0) is 6.04 Å². The van der Waals surface area contributed by atoms with Gasteiger partial charge in [-0.25, -0.2) is 0 Å². The molecular weight excluding hydrogens is 264 g/mol. The summed E-state index contributed by atoms with van der Waals surface area (Å²) in [5.74, 6) is 0. The highest BCUT2D eigenvalue weighted by atomic mass is 28.2. The minimum absolute atomic E-state index is 0.599. The van der Waals surface area contributed by atoms with E-state index in [0.717, 1.165) is 0 Å². The molecule has 19 heavy (non-hydrogen) atoms. The van der Waals surface area contributed by atoms with Crippen LogP contribution in [-0.2, 0) is 23.4 Å². The highest BCUT2D eigenvalue weighted by Crippen LogP contribution is 1.93. The van der Waals surface area contributed by atoms with Crippen molar-refractivity contribution in [2.45, 2.75) is 25.8 Å². The predicted octanol–water partition coefficient (Wildman–Crippen LogP) is 1.54. The average Bonchev–Trinajstić information content (AvgIpc) is 2.43. The molecule has 5 nitrogen and oxygen atoms in total. The summed E-state index contributed by atoms with van der Waals surface area (Å²) in [4.78, 5) is 0. The molecule has 6 heteroatoms. The summed E-state index contributed by atoms with van der Waals surface area (Å²) >= 11 is 0. The Bertz CT molecular complexity index is 144. The van der Waals surface area contributed by atoms with Gasteiger partial charge in [0.15, 0.2) is 0 Å². The molecule has 0 aromatic carbocycles. The van der Waals surface area contributed by atoms with Gasteiger partial charge in [0.2, 0.25) is 9.76 Å². The standard InChI is InChI=1S/C13H28O5Si/c1-3-4-13-19-18-12-11-17-10-9-16-8-7-15-6-5-14-2/h3-13H2,1-2H3. The molecule has 0 aliphatic heterocycles. The molecule has 0 bridgehead atoms. The second-order valence-corrected chi connectivity index (χ2v) is 5.00. The van der Waals surface area contributed by atoms with Gasteiger partial charge in [0.05, 0.1) is 52.9 Å². The molecule has 0 saturated heterocycles. The zero-order chi connectivity index (χ0) is 14.0. The summed E-state index contributed by atoms with van der Waals surface area (Å²) in [6.45, 7) is 7.18. The first-order valence-electron chi connectivity index (χ1n) is 6.98. The Morgan fingerprint density at radius 3 is 1.79 bits per heavy atom. The van der Waals surface area contributed by atoms with Gasteiger partial charge in [-0.2, -0.15) is 0 Å². The van der Waals surface area contributed by atoms with Crippen molar-refractivity contribution in [1.82, 2.24) is 0 Å². The second kappa shape index (κ2) is 18.0. The van der Waals surface area contributed by atoms with E-state index in [1.165, 1.54) is 18.9 Å². The van der Waals surface area contributed by atoms with Gasteiger partial charge >= 0.3 is 0 Å². The van der Waals surface area contributed by atoms with Gasteiger partial charge in [0, 0.05) is 7.11 Å². The van der Waals surface area contributed by atoms with Crippen LogP contribution in [0.5, 0.6) is 0 Å². The van der Waals surface area contributed by atoms with Crippen LogP contribution in [0.4, 0.5) is 0 Å². The van der Waals surface area contributed by atoms with Crippen molar-refractivity contribution < 1.29 is 23.4 Å². The summed E-state index contributed by atoms with van der Waals surface area (Å²) in [6, 6.07) is 1.17. The number of hydrogen-bond acceptors (Lipinski definition) is 5.